The van der Waals surface area contributed by atoms with Gasteiger partial charge in [-0.2, -0.15) is 5.10 Å². The van der Waals surface area contributed by atoms with Crippen LogP contribution < -0.4 is 9.47 Å². The fourth-order valence-corrected chi connectivity index (χ4v) is 4.55. The molecule has 1 aromatic carbocycles. The fraction of sp³-hybridized carbons (Fsp3) is 0.391. The largest absolute Gasteiger partial charge is 0.493 e. The number of nitrogens with zero attached hydrogens (tertiary/aromatic N) is 3. The summed E-state index contributed by atoms with van der Waals surface area (Å²) in [6.45, 7) is 1.33. The second-order valence-electron chi connectivity index (χ2n) is 7.52. The summed E-state index contributed by atoms with van der Waals surface area (Å²) in [6.07, 6.45) is 8.00. The van der Waals surface area contributed by atoms with Crippen LogP contribution in [0, 0.1) is 0 Å². The summed E-state index contributed by atoms with van der Waals surface area (Å²) in [6, 6.07) is 12.1. The molecule has 30 heavy (non-hydrogen) atoms. The van der Waals surface area contributed by atoms with Crippen molar-refractivity contribution in [2.75, 3.05) is 7.11 Å². The van der Waals surface area contributed by atoms with E-state index in [0.717, 1.165) is 23.3 Å². The van der Waals surface area contributed by atoms with Crippen molar-refractivity contribution in [2.24, 2.45) is 0 Å². The highest BCUT2D eigenvalue weighted by Gasteiger charge is 2.27. The van der Waals surface area contributed by atoms with Gasteiger partial charge in [0, 0.05) is 29.9 Å². The van der Waals surface area contributed by atoms with Crippen LogP contribution in [-0.4, -0.2) is 33.7 Å². The van der Waals surface area contributed by atoms with Crippen LogP contribution >= 0.6 is 11.3 Å². The van der Waals surface area contributed by atoms with Crippen molar-refractivity contribution in [1.82, 2.24) is 14.7 Å². The van der Waals surface area contributed by atoms with E-state index >= 15 is 0 Å². The summed E-state index contributed by atoms with van der Waals surface area (Å²) in [5.41, 5.74) is 1.04. The topological polar surface area (TPSA) is 56.6 Å². The van der Waals surface area contributed by atoms with Gasteiger partial charge in [0.15, 0.2) is 11.5 Å². The quantitative estimate of drug-likeness (QED) is 0.506. The van der Waals surface area contributed by atoms with E-state index in [1.54, 1.807) is 29.3 Å². The predicted octanol–water partition coefficient (Wildman–Crippen LogP) is 4.50. The molecule has 2 heterocycles. The van der Waals surface area contributed by atoms with Gasteiger partial charge in [0.2, 0.25) is 5.91 Å². The Labute approximate surface area is 181 Å². The lowest BCUT2D eigenvalue weighted by molar-refractivity contribution is -0.135. The first-order chi connectivity index (χ1) is 14.7. The summed E-state index contributed by atoms with van der Waals surface area (Å²) < 4.78 is 13.2. The molecule has 2 aromatic heterocycles. The summed E-state index contributed by atoms with van der Waals surface area (Å²) in [5.74, 6) is 1.50. The van der Waals surface area contributed by atoms with Crippen LogP contribution in [0.4, 0.5) is 0 Å². The Morgan fingerprint density at radius 1 is 1.23 bits per heavy atom. The predicted molar refractivity (Wildman–Crippen MR) is 117 cm³/mol. The van der Waals surface area contributed by atoms with E-state index in [2.05, 4.69) is 11.2 Å². The van der Waals surface area contributed by atoms with Crippen LogP contribution in [-0.2, 0) is 24.5 Å². The van der Waals surface area contributed by atoms with Crippen molar-refractivity contribution in [3.05, 3.63) is 64.6 Å². The third-order valence-corrected chi connectivity index (χ3v) is 6.32. The monoisotopic (exact) mass is 425 g/mol. The number of amides is 1. The fourth-order valence-electron chi connectivity index (χ4n) is 3.93. The lowest BCUT2D eigenvalue weighted by Gasteiger charge is -2.29. The van der Waals surface area contributed by atoms with E-state index in [1.807, 2.05) is 46.8 Å². The molecular weight excluding hydrogens is 398 g/mol. The number of benzene rings is 1. The standard InChI is InChI=1S/C23H27N3O3S/c1-28-21-10-9-18(14-22(21)29-17-20-8-4-13-30-20)15-26(19-6-2-3-7-19)23(27)16-25-12-5-11-24-25/h4-5,8-14,19H,2-3,6-7,15-17H2,1H3. The van der Waals surface area contributed by atoms with Crippen LogP contribution in [0.25, 0.3) is 0 Å². The third-order valence-electron chi connectivity index (χ3n) is 5.47. The van der Waals surface area contributed by atoms with Gasteiger partial charge < -0.3 is 14.4 Å². The Bertz CT molecular complexity index is 935. The molecule has 1 fully saturated rings. The SMILES string of the molecule is COc1ccc(CN(C(=O)Cn2cccn2)C2CCCC2)cc1OCc1cccs1. The first-order valence-electron chi connectivity index (χ1n) is 10.3. The molecule has 7 heteroatoms. The van der Waals surface area contributed by atoms with Gasteiger partial charge in [-0.1, -0.05) is 25.0 Å². The lowest BCUT2D eigenvalue weighted by atomic mass is 10.1. The number of rotatable bonds is 9. The second kappa shape index (κ2) is 9.80. The van der Waals surface area contributed by atoms with Gasteiger partial charge in [0.05, 0.1) is 7.11 Å². The molecule has 3 aromatic rings. The zero-order chi connectivity index (χ0) is 20.8. The Balaban J connectivity index is 1.51. The van der Waals surface area contributed by atoms with Crippen LogP contribution in [0.1, 0.15) is 36.1 Å². The van der Waals surface area contributed by atoms with Gasteiger partial charge in [-0.25, -0.2) is 0 Å². The highest BCUT2D eigenvalue weighted by atomic mass is 32.1. The number of carbonyl (C=O) groups is 1. The highest BCUT2D eigenvalue weighted by Crippen LogP contribution is 2.31. The van der Waals surface area contributed by atoms with Gasteiger partial charge in [0.25, 0.3) is 0 Å². The number of methoxy groups -OCH3 is 1. The number of hydrogen-bond acceptors (Lipinski definition) is 5. The van der Waals surface area contributed by atoms with Gasteiger partial charge >= 0.3 is 0 Å². The van der Waals surface area contributed by atoms with Crippen molar-refractivity contribution in [3.63, 3.8) is 0 Å². The van der Waals surface area contributed by atoms with E-state index in [4.69, 9.17) is 9.47 Å². The normalized spacial score (nSPS) is 14.0. The molecule has 0 unspecified atom stereocenters. The van der Waals surface area contributed by atoms with E-state index in [1.165, 1.54) is 12.8 Å². The molecule has 0 radical (unpaired) electrons. The number of hydrogen-bond donors (Lipinski definition) is 0. The average molecular weight is 426 g/mol. The third kappa shape index (κ3) is 5.02. The van der Waals surface area contributed by atoms with Crippen molar-refractivity contribution in [1.29, 1.82) is 0 Å². The number of carbonyl (C=O) groups excluding carboxylic acids is 1. The van der Waals surface area contributed by atoms with E-state index in [-0.39, 0.29) is 18.5 Å². The molecule has 0 aliphatic heterocycles. The molecule has 0 bridgehead atoms. The molecule has 0 spiro atoms. The molecule has 1 amide bonds. The summed E-state index contributed by atoms with van der Waals surface area (Å²) in [7, 11) is 1.64. The molecule has 1 saturated carbocycles. The number of ether oxygens (including phenoxy) is 2. The number of aromatic nitrogens is 2. The minimum absolute atomic E-state index is 0.0995. The first-order valence-corrected chi connectivity index (χ1v) is 11.2. The summed E-state index contributed by atoms with van der Waals surface area (Å²) in [4.78, 5) is 16.3. The van der Waals surface area contributed by atoms with Crippen LogP contribution in [0.3, 0.4) is 0 Å². The summed E-state index contributed by atoms with van der Waals surface area (Å²) >= 11 is 1.67. The van der Waals surface area contributed by atoms with Crippen LogP contribution in [0.2, 0.25) is 0 Å². The zero-order valence-electron chi connectivity index (χ0n) is 17.2. The summed E-state index contributed by atoms with van der Waals surface area (Å²) in [5, 5.41) is 6.23. The first kappa shape index (κ1) is 20.5. The Kier molecular flexibility index (Phi) is 6.69. The van der Waals surface area contributed by atoms with Crippen LogP contribution in [0.5, 0.6) is 11.5 Å². The molecule has 1 aliphatic rings. The Morgan fingerprint density at radius 2 is 2.10 bits per heavy atom. The Hall–Kier alpha value is -2.80. The minimum Gasteiger partial charge on any atom is -0.493 e. The molecule has 158 valence electrons. The smallest absolute Gasteiger partial charge is 0.244 e. The Morgan fingerprint density at radius 3 is 2.80 bits per heavy atom. The van der Waals surface area contributed by atoms with Gasteiger partial charge in [-0.05, 0) is 48.1 Å². The number of thiophene rings is 1. The van der Waals surface area contributed by atoms with E-state index in [9.17, 15) is 4.79 Å². The maximum atomic E-state index is 13.1. The molecule has 0 N–H and O–H groups in total. The van der Waals surface area contributed by atoms with E-state index in [0.29, 0.717) is 24.7 Å². The zero-order valence-corrected chi connectivity index (χ0v) is 18.0. The molecule has 0 saturated heterocycles. The van der Waals surface area contributed by atoms with Crippen molar-refractivity contribution < 1.29 is 14.3 Å². The molecule has 4 rings (SSSR count). The van der Waals surface area contributed by atoms with Gasteiger partial charge in [0.1, 0.15) is 13.2 Å². The maximum absolute atomic E-state index is 13.1. The molecule has 0 atom stereocenters. The van der Waals surface area contributed by atoms with Crippen molar-refractivity contribution in [3.8, 4) is 11.5 Å². The maximum Gasteiger partial charge on any atom is 0.244 e. The molecular formula is C23H27N3O3S. The average Bonchev–Trinajstić information content (AvgIpc) is 3.54. The van der Waals surface area contributed by atoms with Crippen molar-refractivity contribution in [2.45, 2.75) is 51.4 Å². The molecule has 6 nitrogen and oxygen atoms in total. The minimum atomic E-state index is 0.0995. The van der Waals surface area contributed by atoms with E-state index < -0.39 is 0 Å². The van der Waals surface area contributed by atoms with Gasteiger partial charge in [-0.3, -0.25) is 9.48 Å². The molecule has 1 aliphatic carbocycles. The lowest BCUT2D eigenvalue weighted by Crippen LogP contribution is -2.40. The van der Waals surface area contributed by atoms with Gasteiger partial charge in [-0.15, -0.1) is 11.3 Å². The van der Waals surface area contributed by atoms with Crippen molar-refractivity contribution >= 4 is 17.2 Å². The van der Waals surface area contributed by atoms with Crippen LogP contribution in [0.15, 0.2) is 54.2 Å². The second-order valence-corrected chi connectivity index (χ2v) is 8.55. The highest BCUT2D eigenvalue weighted by molar-refractivity contribution is 7.09.